The van der Waals surface area contributed by atoms with Crippen LogP contribution in [0, 0.1) is 0 Å². The predicted molar refractivity (Wildman–Crippen MR) is 41.6 cm³/mol. The van der Waals surface area contributed by atoms with Crippen molar-refractivity contribution in [2.75, 3.05) is 13.2 Å². The summed E-state index contributed by atoms with van der Waals surface area (Å²) in [4.78, 5) is 5.42. The molecule has 2 nitrogen and oxygen atoms in total. The molecule has 0 aliphatic carbocycles. The van der Waals surface area contributed by atoms with Gasteiger partial charge in [0.15, 0.2) is 0 Å². The third-order valence-electron chi connectivity index (χ3n) is 1.65. The Kier molecular flexibility index (Phi) is 2.46. The van der Waals surface area contributed by atoms with Crippen molar-refractivity contribution in [1.29, 1.82) is 0 Å². The lowest BCUT2D eigenvalue weighted by Gasteiger charge is -2.27. The summed E-state index contributed by atoms with van der Waals surface area (Å²) in [5.74, 6) is 0. The highest BCUT2D eigenvalue weighted by atomic mass is 16.7. The first-order valence-electron chi connectivity index (χ1n) is 3.75. The van der Waals surface area contributed by atoms with E-state index in [1.807, 2.05) is 5.06 Å². The molecule has 0 N–H and O–H groups in total. The van der Waals surface area contributed by atoms with Crippen LogP contribution in [-0.2, 0) is 4.84 Å². The van der Waals surface area contributed by atoms with Crippen molar-refractivity contribution in [3.63, 3.8) is 0 Å². The van der Waals surface area contributed by atoms with Gasteiger partial charge in [-0.05, 0) is 26.3 Å². The zero-order valence-corrected chi connectivity index (χ0v) is 6.92. The standard InChI is InChI=1S/C8H15NO/c1-7(2)9-5-4-8(3)6-10-9/h4,7H,5-6H2,1-3H3. The average molecular weight is 141 g/mol. The molecule has 0 amide bonds. The molecule has 1 heterocycles. The largest absolute Gasteiger partial charge is 0.294 e. The van der Waals surface area contributed by atoms with Crippen LogP contribution in [0.25, 0.3) is 0 Å². The maximum atomic E-state index is 5.42. The molecule has 1 rings (SSSR count). The lowest BCUT2D eigenvalue weighted by atomic mass is 10.2. The molecule has 0 aromatic heterocycles. The Labute approximate surface area is 62.4 Å². The normalized spacial score (nSPS) is 21.4. The molecule has 0 unspecified atom stereocenters. The topological polar surface area (TPSA) is 12.5 Å². The van der Waals surface area contributed by atoms with Crippen LogP contribution < -0.4 is 0 Å². The monoisotopic (exact) mass is 141 g/mol. The molecule has 2 heteroatoms. The van der Waals surface area contributed by atoms with Crippen LogP contribution in [0.4, 0.5) is 0 Å². The fourth-order valence-electron chi connectivity index (χ4n) is 0.902. The number of hydrogen-bond acceptors (Lipinski definition) is 2. The van der Waals surface area contributed by atoms with E-state index in [2.05, 4.69) is 26.8 Å². The lowest BCUT2D eigenvalue weighted by molar-refractivity contribution is -0.170. The van der Waals surface area contributed by atoms with Crippen LogP contribution in [-0.4, -0.2) is 24.3 Å². The second kappa shape index (κ2) is 3.17. The van der Waals surface area contributed by atoms with Gasteiger partial charge < -0.3 is 0 Å². The van der Waals surface area contributed by atoms with Gasteiger partial charge in [-0.3, -0.25) is 4.84 Å². The molecular formula is C8H15NO. The summed E-state index contributed by atoms with van der Waals surface area (Å²) >= 11 is 0. The van der Waals surface area contributed by atoms with Gasteiger partial charge in [-0.1, -0.05) is 6.08 Å². The Bertz CT molecular complexity index is 140. The Balaban J connectivity index is 2.42. The molecule has 1 aliphatic rings. The van der Waals surface area contributed by atoms with Gasteiger partial charge >= 0.3 is 0 Å². The predicted octanol–water partition coefficient (Wildman–Crippen LogP) is 1.59. The summed E-state index contributed by atoms with van der Waals surface area (Å²) in [6.45, 7) is 8.06. The molecule has 0 fully saturated rings. The zero-order valence-electron chi connectivity index (χ0n) is 6.92. The second-order valence-corrected chi connectivity index (χ2v) is 3.02. The third kappa shape index (κ3) is 1.82. The maximum absolute atomic E-state index is 5.42. The molecule has 0 atom stereocenters. The highest BCUT2D eigenvalue weighted by Crippen LogP contribution is 2.08. The van der Waals surface area contributed by atoms with Crippen molar-refractivity contribution < 1.29 is 4.84 Å². The van der Waals surface area contributed by atoms with Gasteiger partial charge in [0.2, 0.25) is 0 Å². The lowest BCUT2D eigenvalue weighted by Crippen LogP contribution is -2.34. The van der Waals surface area contributed by atoms with Gasteiger partial charge in [-0.2, -0.15) is 5.06 Å². The smallest absolute Gasteiger partial charge is 0.0893 e. The van der Waals surface area contributed by atoms with Crippen LogP contribution >= 0.6 is 0 Å². The van der Waals surface area contributed by atoms with Gasteiger partial charge in [-0.25, -0.2) is 0 Å². The zero-order chi connectivity index (χ0) is 7.56. The fourth-order valence-corrected chi connectivity index (χ4v) is 0.902. The van der Waals surface area contributed by atoms with Crippen molar-refractivity contribution in [2.45, 2.75) is 26.8 Å². The minimum absolute atomic E-state index is 0.490. The Morgan fingerprint density at radius 3 is 2.70 bits per heavy atom. The van der Waals surface area contributed by atoms with E-state index in [4.69, 9.17) is 4.84 Å². The first-order chi connectivity index (χ1) is 4.70. The van der Waals surface area contributed by atoms with E-state index in [-0.39, 0.29) is 0 Å². The number of hydrogen-bond donors (Lipinski definition) is 0. The summed E-state index contributed by atoms with van der Waals surface area (Å²) in [5, 5.41) is 1.99. The van der Waals surface area contributed by atoms with Gasteiger partial charge in [0.25, 0.3) is 0 Å². The van der Waals surface area contributed by atoms with Gasteiger partial charge in [0, 0.05) is 12.6 Å². The van der Waals surface area contributed by atoms with E-state index < -0.39 is 0 Å². The summed E-state index contributed by atoms with van der Waals surface area (Å²) in [6, 6.07) is 0.490. The van der Waals surface area contributed by atoms with E-state index in [0.29, 0.717) is 6.04 Å². The molecule has 0 aromatic rings. The summed E-state index contributed by atoms with van der Waals surface area (Å²) in [6.07, 6.45) is 2.21. The molecule has 0 saturated heterocycles. The van der Waals surface area contributed by atoms with Crippen LogP contribution in [0.5, 0.6) is 0 Å². The molecule has 0 saturated carbocycles. The Hall–Kier alpha value is -0.340. The minimum Gasteiger partial charge on any atom is -0.294 e. The maximum Gasteiger partial charge on any atom is 0.0893 e. The number of hydroxylamine groups is 2. The average Bonchev–Trinajstić information content (AvgIpc) is 1.88. The molecule has 1 aliphatic heterocycles. The molecule has 58 valence electrons. The first-order valence-corrected chi connectivity index (χ1v) is 3.75. The summed E-state index contributed by atoms with van der Waals surface area (Å²) in [7, 11) is 0. The first kappa shape index (κ1) is 7.76. The van der Waals surface area contributed by atoms with E-state index in [1.165, 1.54) is 5.57 Å². The minimum atomic E-state index is 0.490. The van der Waals surface area contributed by atoms with Gasteiger partial charge in [0.1, 0.15) is 0 Å². The van der Waals surface area contributed by atoms with Gasteiger partial charge in [0.05, 0.1) is 6.61 Å². The Morgan fingerprint density at radius 1 is 1.60 bits per heavy atom. The van der Waals surface area contributed by atoms with Crippen LogP contribution in [0.3, 0.4) is 0 Å². The molecular weight excluding hydrogens is 126 g/mol. The van der Waals surface area contributed by atoms with Crippen LogP contribution in [0.15, 0.2) is 11.6 Å². The molecule has 0 aromatic carbocycles. The number of nitrogens with zero attached hydrogens (tertiary/aromatic N) is 1. The SMILES string of the molecule is CC1=CCN(C(C)C)OC1. The highest BCUT2D eigenvalue weighted by molar-refractivity contribution is 5.01. The fraction of sp³-hybridized carbons (Fsp3) is 0.750. The molecule has 0 bridgehead atoms. The molecule has 0 spiro atoms. The Morgan fingerprint density at radius 2 is 2.30 bits per heavy atom. The van der Waals surface area contributed by atoms with Crippen molar-refractivity contribution in [3.8, 4) is 0 Å². The van der Waals surface area contributed by atoms with Crippen molar-refractivity contribution in [1.82, 2.24) is 5.06 Å². The van der Waals surface area contributed by atoms with E-state index >= 15 is 0 Å². The second-order valence-electron chi connectivity index (χ2n) is 3.02. The van der Waals surface area contributed by atoms with Crippen molar-refractivity contribution in [2.24, 2.45) is 0 Å². The molecule has 10 heavy (non-hydrogen) atoms. The quantitative estimate of drug-likeness (QED) is 0.514. The third-order valence-corrected chi connectivity index (χ3v) is 1.65. The van der Waals surface area contributed by atoms with Crippen molar-refractivity contribution in [3.05, 3.63) is 11.6 Å². The molecule has 0 radical (unpaired) electrons. The summed E-state index contributed by atoms with van der Waals surface area (Å²) in [5.41, 5.74) is 1.33. The highest BCUT2D eigenvalue weighted by Gasteiger charge is 2.11. The van der Waals surface area contributed by atoms with Gasteiger partial charge in [-0.15, -0.1) is 0 Å². The van der Waals surface area contributed by atoms with E-state index in [1.54, 1.807) is 0 Å². The van der Waals surface area contributed by atoms with Crippen LogP contribution in [0.1, 0.15) is 20.8 Å². The van der Waals surface area contributed by atoms with Crippen LogP contribution in [0.2, 0.25) is 0 Å². The van der Waals surface area contributed by atoms with E-state index in [9.17, 15) is 0 Å². The van der Waals surface area contributed by atoms with Crippen molar-refractivity contribution >= 4 is 0 Å². The summed E-state index contributed by atoms with van der Waals surface area (Å²) < 4.78 is 0. The number of rotatable bonds is 1. The van der Waals surface area contributed by atoms with E-state index in [0.717, 1.165) is 13.2 Å².